The van der Waals surface area contributed by atoms with Crippen molar-refractivity contribution in [3.05, 3.63) is 88.4 Å². The minimum atomic E-state index is -0.447. The van der Waals surface area contributed by atoms with E-state index in [1.165, 1.54) is 6.21 Å². The minimum Gasteiger partial charge on any atom is -0.495 e. The van der Waals surface area contributed by atoms with E-state index in [1.807, 2.05) is 24.3 Å². The summed E-state index contributed by atoms with van der Waals surface area (Å²) >= 11 is 3.33. The van der Waals surface area contributed by atoms with Gasteiger partial charge in [0.25, 0.3) is 5.91 Å². The first-order chi connectivity index (χ1) is 15.0. The third kappa shape index (κ3) is 6.68. The summed E-state index contributed by atoms with van der Waals surface area (Å²) in [5, 5.41) is 6.93. The van der Waals surface area contributed by atoms with Crippen LogP contribution in [0.5, 0.6) is 11.5 Å². The molecule has 31 heavy (non-hydrogen) atoms. The quantitative estimate of drug-likeness (QED) is 0.217. The molecular weight excluding hydrogens is 462 g/mol. The van der Waals surface area contributed by atoms with Crippen LogP contribution < -0.4 is 20.2 Å². The molecule has 8 heteroatoms. The van der Waals surface area contributed by atoms with Gasteiger partial charge in [0.2, 0.25) is 0 Å². The standard InChI is InChI=1S/C23H20BrN3O4/c1-30-21-8-3-2-7-20(21)25-15-22(28)27-26-14-16-9-11-19(12-10-16)31-23(29)17-5-4-6-18(24)13-17/h2-14,25H,15H2,1H3,(H,27,28)/b26-14-. The fourth-order valence-electron chi connectivity index (χ4n) is 2.59. The highest BCUT2D eigenvalue weighted by molar-refractivity contribution is 9.10. The topological polar surface area (TPSA) is 89.0 Å². The Morgan fingerprint density at radius 3 is 2.55 bits per heavy atom. The lowest BCUT2D eigenvalue weighted by atomic mass is 10.2. The molecule has 0 aliphatic rings. The number of ether oxygens (including phenoxy) is 2. The third-order valence-corrected chi connectivity index (χ3v) is 4.59. The van der Waals surface area contributed by atoms with Crippen LogP contribution in [0.25, 0.3) is 0 Å². The van der Waals surface area contributed by atoms with E-state index >= 15 is 0 Å². The molecule has 2 N–H and O–H groups in total. The number of nitrogens with one attached hydrogen (secondary N) is 2. The zero-order chi connectivity index (χ0) is 22.1. The maximum absolute atomic E-state index is 12.2. The number of halogens is 1. The molecule has 7 nitrogen and oxygen atoms in total. The molecule has 3 aromatic carbocycles. The molecule has 0 atom stereocenters. The van der Waals surface area contributed by atoms with Crippen LogP contribution in [0.4, 0.5) is 5.69 Å². The molecule has 0 heterocycles. The Bertz CT molecular complexity index is 1080. The van der Waals surface area contributed by atoms with Crippen molar-refractivity contribution in [2.75, 3.05) is 19.0 Å². The highest BCUT2D eigenvalue weighted by atomic mass is 79.9. The van der Waals surface area contributed by atoms with Crippen LogP contribution >= 0.6 is 15.9 Å². The van der Waals surface area contributed by atoms with E-state index in [4.69, 9.17) is 9.47 Å². The van der Waals surface area contributed by atoms with Gasteiger partial charge >= 0.3 is 5.97 Å². The summed E-state index contributed by atoms with van der Waals surface area (Å²) in [5.41, 5.74) is 4.35. The first-order valence-corrected chi connectivity index (χ1v) is 10.1. The number of nitrogens with zero attached hydrogens (tertiary/aromatic N) is 1. The van der Waals surface area contributed by atoms with Gasteiger partial charge in [-0.1, -0.05) is 34.1 Å². The number of carbonyl (C=O) groups is 2. The van der Waals surface area contributed by atoms with Crippen molar-refractivity contribution >= 4 is 39.7 Å². The average molecular weight is 482 g/mol. The van der Waals surface area contributed by atoms with Crippen LogP contribution in [-0.2, 0) is 4.79 Å². The zero-order valence-electron chi connectivity index (χ0n) is 16.7. The van der Waals surface area contributed by atoms with Crippen molar-refractivity contribution in [1.82, 2.24) is 5.43 Å². The molecule has 0 bridgehead atoms. The van der Waals surface area contributed by atoms with Gasteiger partial charge in [-0.2, -0.15) is 5.10 Å². The number of amides is 1. The van der Waals surface area contributed by atoms with Gasteiger partial charge in [0, 0.05) is 4.47 Å². The van der Waals surface area contributed by atoms with Crippen LogP contribution in [0.3, 0.4) is 0 Å². The summed E-state index contributed by atoms with van der Waals surface area (Å²) in [6.45, 7) is 0.0439. The lowest BCUT2D eigenvalue weighted by Crippen LogP contribution is -2.26. The van der Waals surface area contributed by atoms with E-state index in [2.05, 4.69) is 31.8 Å². The molecule has 0 radical (unpaired) electrons. The number of hydrazone groups is 1. The summed E-state index contributed by atoms with van der Waals surface area (Å²) in [6.07, 6.45) is 1.50. The van der Waals surface area contributed by atoms with Crippen molar-refractivity contribution in [1.29, 1.82) is 0 Å². The molecule has 1 amide bonds. The number of esters is 1. The number of hydrogen-bond acceptors (Lipinski definition) is 6. The largest absolute Gasteiger partial charge is 0.495 e. The average Bonchev–Trinajstić information content (AvgIpc) is 2.79. The van der Waals surface area contributed by atoms with Gasteiger partial charge in [0.05, 0.1) is 31.1 Å². The third-order valence-electron chi connectivity index (χ3n) is 4.10. The van der Waals surface area contributed by atoms with Gasteiger partial charge in [0.1, 0.15) is 11.5 Å². The Labute approximate surface area is 188 Å². The van der Waals surface area contributed by atoms with Crippen molar-refractivity contribution in [2.24, 2.45) is 5.10 Å². The highest BCUT2D eigenvalue weighted by Crippen LogP contribution is 2.22. The number of anilines is 1. The van der Waals surface area contributed by atoms with Crippen molar-refractivity contribution in [3.63, 3.8) is 0 Å². The molecule has 0 saturated heterocycles. The number of methoxy groups -OCH3 is 1. The molecule has 0 aromatic heterocycles. The number of benzene rings is 3. The lowest BCUT2D eigenvalue weighted by Gasteiger charge is -2.09. The second-order valence-corrected chi connectivity index (χ2v) is 7.23. The molecule has 0 aliphatic heterocycles. The molecule has 0 fully saturated rings. The van der Waals surface area contributed by atoms with Crippen LogP contribution in [0, 0.1) is 0 Å². The van der Waals surface area contributed by atoms with E-state index in [1.54, 1.807) is 55.6 Å². The van der Waals surface area contributed by atoms with E-state index < -0.39 is 5.97 Å². The number of hydrogen-bond donors (Lipinski definition) is 2. The fourth-order valence-corrected chi connectivity index (χ4v) is 2.99. The van der Waals surface area contributed by atoms with Gasteiger partial charge < -0.3 is 14.8 Å². The molecule has 0 aliphatic carbocycles. The fraction of sp³-hybridized carbons (Fsp3) is 0.0870. The van der Waals surface area contributed by atoms with Gasteiger partial charge in [-0.25, -0.2) is 10.2 Å². The van der Waals surface area contributed by atoms with Gasteiger partial charge in [-0.3, -0.25) is 4.79 Å². The SMILES string of the molecule is COc1ccccc1NCC(=O)N/N=C\c1ccc(OC(=O)c2cccc(Br)c2)cc1. The predicted molar refractivity (Wildman–Crippen MR) is 123 cm³/mol. The summed E-state index contributed by atoms with van der Waals surface area (Å²) < 4.78 is 11.4. The monoisotopic (exact) mass is 481 g/mol. The second-order valence-electron chi connectivity index (χ2n) is 6.32. The summed E-state index contributed by atoms with van der Waals surface area (Å²) in [6, 6.07) is 21.1. The van der Waals surface area contributed by atoms with Crippen molar-refractivity contribution in [2.45, 2.75) is 0 Å². The Morgan fingerprint density at radius 1 is 1.03 bits per heavy atom. The minimum absolute atomic E-state index is 0.0439. The molecule has 0 spiro atoms. The Kier molecular flexibility index (Phi) is 7.78. The molecule has 0 saturated carbocycles. The normalized spacial score (nSPS) is 10.5. The summed E-state index contributed by atoms with van der Waals surface area (Å²) in [4.78, 5) is 24.1. The van der Waals surface area contributed by atoms with Gasteiger partial charge in [-0.05, 0) is 60.2 Å². The molecule has 3 rings (SSSR count). The molecule has 0 unspecified atom stereocenters. The Balaban J connectivity index is 1.48. The van der Waals surface area contributed by atoms with Crippen LogP contribution in [0.1, 0.15) is 15.9 Å². The number of rotatable bonds is 8. The smallest absolute Gasteiger partial charge is 0.343 e. The van der Waals surface area contributed by atoms with Gasteiger partial charge in [0.15, 0.2) is 0 Å². The summed E-state index contributed by atoms with van der Waals surface area (Å²) in [5.74, 6) is 0.311. The predicted octanol–water partition coefficient (Wildman–Crippen LogP) is 4.24. The number of para-hydroxylation sites is 2. The first-order valence-electron chi connectivity index (χ1n) is 9.32. The maximum atomic E-state index is 12.2. The second kappa shape index (κ2) is 10.9. The molecule has 158 valence electrons. The van der Waals surface area contributed by atoms with Crippen molar-refractivity contribution < 1.29 is 19.1 Å². The van der Waals surface area contributed by atoms with Crippen LogP contribution in [-0.4, -0.2) is 31.7 Å². The van der Waals surface area contributed by atoms with Gasteiger partial charge in [-0.15, -0.1) is 0 Å². The lowest BCUT2D eigenvalue weighted by molar-refractivity contribution is -0.119. The van der Waals surface area contributed by atoms with E-state index in [-0.39, 0.29) is 12.5 Å². The maximum Gasteiger partial charge on any atom is 0.343 e. The van der Waals surface area contributed by atoms with E-state index in [9.17, 15) is 9.59 Å². The molecule has 3 aromatic rings. The highest BCUT2D eigenvalue weighted by Gasteiger charge is 2.09. The number of carbonyl (C=O) groups excluding carboxylic acids is 2. The van der Waals surface area contributed by atoms with E-state index in [0.29, 0.717) is 17.1 Å². The van der Waals surface area contributed by atoms with E-state index in [0.717, 1.165) is 15.7 Å². The zero-order valence-corrected chi connectivity index (χ0v) is 18.3. The molecular formula is C23H20BrN3O4. The van der Waals surface area contributed by atoms with Crippen LogP contribution in [0.15, 0.2) is 82.4 Å². The Morgan fingerprint density at radius 2 is 1.81 bits per heavy atom. The summed E-state index contributed by atoms with van der Waals surface area (Å²) in [7, 11) is 1.57. The Hall–Kier alpha value is -3.65. The van der Waals surface area contributed by atoms with Crippen LogP contribution in [0.2, 0.25) is 0 Å². The van der Waals surface area contributed by atoms with Crippen molar-refractivity contribution in [3.8, 4) is 11.5 Å². The first kappa shape index (κ1) is 22.0.